The number of rotatable bonds is 2. The lowest BCUT2D eigenvalue weighted by Crippen LogP contribution is -2.47. The number of nitrogens with zero attached hydrogens (tertiary/aromatic N) is 1. The molecule has 1 nitrogen and oxygen atoms in total. The maximum absolute atomic E-state index is 2.77. The zero-order valence-corrected chi connectivity index (χ0v) is 10.1. The maximum atomic E-state index is 2.77. The molecular formula is C11H21NSi. The van der Waals surface area contributed by atoms with E-state index in [1.807, 2.05) is 0 Å². The molecule has 0 aromatic carbocycles. The number of hydrogen-bond acceptors (Lipinski definition) is 1. The van der Waals surface area contributed by atoms with E-state index in [0.29, 0.717) is 0 Å². The Morgan fingerprint density at radius 1 is 1.31 bits per heavy atom. The highest BCUT2D eigenvalue weighted by Crippen LogP contribution is 2.32. The van der Waals surface area contributed by atoms with Crippen LogP contribution in [-0.2, 0) is 0 Å². The summed E-state index contributed by atoms with van der Waals surface area (Å²) in [4.78, 5) is 2.77. The van der Waals surface area contributed by atoms with E-state index in [-0.39, 0.29) is 0 Å². The summed E-state index contributed by atoms with van der Waals surface area (Å²) in [5.41, 5.74) is 0. The van der Waals surface area contributed by atoms with Crippen LogP contribution >= 0.6 is 0 Å². The van der Waals surface area contributed by atoms with E-state index in [2.05, 4.69) is 36.7 Å². The van der Waals surface area contributed by atoms with Gasteiger partial charge in [-0.2, -0.15) is 0 Å². The molecule has 0 aromatic heterocycles. The Bertz CT molecular complexity index is 217. The van der Waals surface area contributed by atoms with Gasteiger partial charge in [0.1, 0.15) is 0 Å². The lowest BCUT2D eigenvalue weighted by molar-refractivity contribution is 0.241. The molecule has 0 aromatic rings. The monoisotopic (exact) mass is 195 g/mol. The third-order valence-corrected chi connectivity index (χ3v) is 4.43. The van der Waals surface area contributed by atoms with Crippen molar-refractivity contribution < 1.29 is 0 Å². The smallest absolute Gasteiger partial charge is 0.0599 e. The summed E-state index contributed by atoms with van der Waals surface area (Å²) in [6.07, 6.45) is 10.4. The summed E-state index contributed by atoms with van der Waals surface area (Å²) in [5.74, 6) is 0. The first-order valence-corrected chi connectivity index (χ1v) is 9.19. The molecule has 13 heavy (non-hydrogen) atoms. The maximum Gasteiger partial charge on any atom is 0.0599 e. The van der Waals surface area contributed by atoms with Gasteiger partial charge < -0.3 is 0 Å². The Kier molecular flexibility index (Phi) is 2.36. The molecule has 2 aliphatic rings. The van der Waals surface area contributed by atoms with Crippen LogP contribution < -0.4 is 0 Å². The molecule has 0 aliphatic carbocycles. The Labute approximate surface area is 82.8 Å². The number of hydrogen-bond donors (Lipinski definition) is 0. The Balaban J connectivity index is 2.04. The first-order chi connectivity index (χ1) is 6.06. The van der Waals surface area contributed by atoms with Crippen LogP contribution in [0.25, 0.3) is 0 Å². The molecule has 2 rings (SSSR count). The van der Waals surface area contributed by atoms with Crippen molar-refractivity contribution in [1.82, 2.24) is 4.90 Å². The molecule has 2 bridgehead atoms. The van der Waals surface area contributed by atoms with Crippen molar-refractivity contribution in [1.29, 1.82) is 0 Å². The van der Waals surface area contributed by atoms with Gasteiger partial charge in [0.05, 0.1) is 8.07 Å². The Morgan fingerprint density at radius 3 is 2.69 bits per heavy atom. The van der Waals surface area contributed by atoms with Gasteiger partial charge >= 0.3 is 0 Å². The molecule has 0 amide bonds. The molecule has 2 atom stereocenters. The van der Waals surface area contributed by atoms with Crippen LogP contribution in [0.2, 0.25) is 19.6 Å². The summed E-state index contributed by atoms with van der Waals surface area (Å²) in [7, 11) is -0.896. The minimum atomic E-state index is -0.896. The largest absolute Gasteiger partial charge is 0.296 e. The van der Waals surface area contributed by atoms with Crippen molar-refractivity contribution >= 4 is 8.07 Å². The predicted molar refractivity (Wildman–Crippen MR) is 60.6 cm³/mol. The molecule has 1 saturated heterocycles. The van der Waals surface area contributed by atoms with Crippen molar-refractivity contribution in [2.45, 2.75) is 51.0 Å². The van der Waals surface area contributed by atoms with Crippen LogP contribution in [0.1, 0.15) is 19.3 Å². The zero-order valence-electron chi connectivity index (χ0n) is 9.09. The zero-order chi connectivity index (χ0) is 9.47. The van der Waals surface area contributed by atoms with Gasteiger partial charge in [0.15, 0.2) is 0 Å². The first-order valence-electron chi connectivity index (χ1n) is 5.49. The molecule has 2 heterocycles. The SMILES string of the molecule is C[Si](C)(C)CN1C2C=CCC1CC2. The number of fused-ring (bicyclic) bond motifs is 2. The molecule has 74 valence electrons. The highest BCUT2D eigenvalue weighted by atomic mass is 28.3. The lowest BCUT2D eigenvalue weighted by atomic mass is 10.1. The molecule has 0 spiro atoms. The van der Waals surface area contributed by atoms with Gasteiger partial charge in [-0.3, -0.25) is 4.90 Å². The van der Waals surface area contributed by atoms with Gasteiger partial charge in [-0.1, -0.05) is 31.8 Å². The fraction of sp³-hybridized carbons (Fsp3) is 0.818. The first kappa shape index (κ1) is 9.47. The van der Waals surface area contributed by atoms with E-state index >= 15 is 0 Å². The van der Waals surface area contributed by atoms with Gasteiger partial charge in [0.2, 0.25) is 0 Å². The van der Waals surface area contributed by atoms with Crippen molar-refractivity contribution in [2.24, 2.45) is 0 Å². The summed E-state index contributed by atoms with van der Waals surface area (Å²) in [6, 6.07) is 1.69. The highest BCUT2D eigenvalue weighted by Gasteiger charge is 2.35. The molecule has 2 heteroatoms. The second-order valence-corrected chi connectivity index (χ2v) is 11.1. The summed E-state index contributed by atoms with van der Waals surface area (Å²) < 4.78 is 0. The van der Waals surface area contributed by atoms with E-state index < -0.39 is 8.07 Å². The molecule has 0 N–H and O–H groups in total. The normalized spacial score (nSPS) is 34.1. The van der Waals surface area contributed by atoms with E-state index in [4.69, 9.17) is 0 Å². The molecule has 2 aliphatic heterocycles. The summed E-state index contributed by atoms with van der Waals surface area (Å²) >= 11 is 0. The van der Waals surface area contributed by atoms with E-state index in [1.165, 1.54) is 25.4 Å². The van der Waals surface area contributed by atoms with Crippen LogP contribution in [0.15, 0.2) is 12.2 Å². The van der Waals surface area contributed by atoms with Crippen LogP contribution in [0, 0.1) is 0 Å². The highest BCUT2D eigenvalue weighted by molar-refractivity contribution is 6.76. The third-order valence-electron chi connectivity index (χ3n) is 3.11. The lowest BCUT2D eigenvalue weighted by Gasteiger charge is -2.35. The molecular weight excluding hydrogens is 174 g/mol. The van der Waals surface area contributed by atoms with Crippen molar-refractivity contribution in [3.8, 4) is 0 Å². The van der Waals surface area contributed by atoms with Gasteiger partial charge in [-0.25, -0.2) is 0 Å². The van der Waals surface area contributed by atoms with Crippen LogP contribution in [0.3, 0.4) is 0 Å². The van der Waals surface area contributed by atoms with Crippen molar-refractivity contribution in [3.63, 3.8) is 0 Å². The summed E-state index contributed by atoms with van der Waals surface area (Å²) in [6.45, 7) is 7.43. The van der Waals surface area contributed by atoms with Gasteiger partial charge in [-0.15, -0.1) is 0 Å². The standard InChI is InChI=1S/C11H21NSi/c1-13(2,3)9-12-10-5-4-6-11(12)8-7-10/h4-5,10-11H,6-9H2,1-3H3. The van der Waals surface area contributed by atoms with E-state index in [9.17, 15) is 0 Å². The van der Waals surface area contributed by atoms with E-state index in [1.54, 1.807) is 0 Å². The fourth-order valence-corrected chi connectivity index (χ4v) is 4.20. The Morgan fingerprint density at radius 2 is 2.08 bits per heavy atom. The summed E-state index contributed by atoms with van der Waals surface area (Å²) in [5, 5.41) is 0. The van der Waals surface area contributed by atoms with Crippen molar-refractivity contribution in [2.75, 3.05) is 6.17 Å². The molecule has 0 saturated carbocycles. The van der Waals surface area contributed by atoms with Gasteiger partial charge in [0, 0.05) is 12.1 Å². The molecule has 0 radical (unpaired) electrons. The molecule has 1 fully saturated rings. The van der Waals surface area contributed by atoms with E-state index in [0.717, 1.165) is 12.1 Å². The van der Waals surface area contributed by atoms with Crippen LogP contribution in [-0.4, -0.2) is 31.2 Å². The minimum Gasteiger partial charge on any atom is -0.296 e. The predicted octanol–water partition coefficient (Wildman–Crippen LogP) is 2.66. The van der Waals surface area contributed by atoms with Crippen LogP contribution in [0.5, 0.6) is 0 Å². The second-order valence-electron chi connectivity index (χ2n) is 5.70. The molecule has 2 unspecified atom stereocenters. The fourth-order valence-electron chi connectivity index (χ4n) is 2.61. The average molecular weight is 195 g/mol. The quantitative estimate of drug-likeness (QED) is 0.484. The van der Waals surface area contributed by atoms with Gasteiger partial charge in [0.25, 0.3) is 0 Å². The van der Waals surface area contributed by atoms with Crippen molar-refractivity contribution in [3.05, 3.63) is 12.2 Å². The topological polar surface area (TPSA) is 3.24 Å². The van der Waals surface area contributed by atoms with Crippen LogP contribution in [0.4, 0.5) is 0 Å². The van der Waals surface area contributed by atoms with Gasteiger partial charge in [-0.05, 0) is 25.4 Å². The third kappa shape index (κ3) is 2.05. The average Bonchev–Trinajstić information content (AvgIpc) is 2.29. The second kappa shape index (κ2) is 3.25. The Hall–Kier alpha value is -0.0831. The minimum absolute atomic E-state index is 0.797.